The van der Waals surface area contributed by atoms with Crippen LogP contribution in [0.25, 0.3) is 0 Å². The van der Waals surface area contributed by atoms with Gasteiger partial charge in [0.05, 0.1) is 0 Å². The topological polar surface area (TPSA) is 20.2 Å². The third-order valence-corrected chi connectivity index (χ3v) is 2.89. The SMILES string of the molecule is C=C(C)C(O)c1sccc1CC. The van der Waals surface area contributed by atoms with E-state index in [0.717, 1.165) is 16.9 Å². The molecule has 0 bridgehead atoms. The minimum atomic E-state index is -0.472. The van der Waals surface area contributed by atoms with Crippen molar-refractivity contribution in [3.8, 4) is 0 Å². The molecule has 2 heteroatoms. The zero-order chi connectivity index (χ0) is 9.14. The Hall–Kier alpha value is -0.600. The molecule has 1 aromatic heterocycles. The van der Waals surface area contributed by atoms with Crippen molar-refractivity contribution in [1.29, 1.82) is 0 Å². The molecule has 0 aliphatic heterocycles. The molecule has 1 heterocycles. The van der Waals surface area contributed by atoms with Crippen LogP contribution in [0, 0.1) is 0 Å². The highest BCUT2D eigenvalue weighted by atomic mass is 32.1. The Morgan fingerprint density at radius 1 is 1.75 bits per heavy atom. The van der Waals surface area contributed by atoms with Gasteiger partial charge in [-0.25, -0.2) is 0 Å². The van der Waals surface area contributed by atoms with Gasteiger partial charge in [0.15, 0.2) is 0 Å². The summed E-state index contributed by atoms with van der Waals surface area (Å²) >= 11 is 1.60. The molecule has 0 aliphatic carbocycles. The molecule has 0 spiro atoms. The molecular formula is C10H14OS. The maximum absolute atomic E-state index is 9.71. The van der Waals surface area contributed by atoms with E-state index in [1.165, 1.54) is 5.56 Å². The first-order chi connectivity index (χ1) is 5.66. The smallest absolute Gasteiger partial charge is 0.109 e. The first kappa shape index (κ1) is 9.49. The molecule has 1 N–H and O–H groups in total. The van der Waals surface area contributed by atoms with Crippen LogP contribution in [0.3, 0.4) is 0 Å². The molecule has 66 valence electrons. The van der Waals surface area contributed by atoms with Gasteiger partial charge in [-0.05, 0) is 35.9 Å². The van der Waals surface area contributed by atoms with Crippen LogP contribution in [-0.2, 0) is 6.42 Å². The summed E-state index contributed by atoms with van der Waals surface area (Å²) in [6, 6.07) is 2.06. The molecule has 0 saturated heterocycles. The predicted molar refractivity (Wildman–Crippen MR) is 53.5 cm³/mol. The molecule has 0 aliphatic rings. The van der Waals surface area contributed by atoms with Crippen molar-refractivity contribution >= 4 is 11.3 Å². The van der Waals surface area contributed by atoms with Crippen molar-refractivity contribution in [3.05, 3.63) is 34.0 Å². The van der Waals surface area contributed by atoms with Gasteiger partial charge in [-0.2, -0.15) is 0 Å². The van der Waals surface area contributed by atoms with E-state index in [0.29, 0.717) is 0 Å². The Kier molecular flexibility index (Phi) is 3.06. The Labute approximate surface area is 77.4 Å². The van der Waals surface area contributed by atoms with E-state index in [2.05, 4.69) is 19.6 Å². The summed E-state index contributed by atoms with van der Waals surface area (Å²) in [5.74, 6) is 0. The molecule has 0 saturated carbocycles. The maximum Gasteiger partial charge on any atom is 0.109 e. The second-order valence-corrected chi connectivity index (χ2v) is 3.86. The van der Waals surface area contributed by atoms with Gasteiger partial charge in [0.2, 0.25) is 0 Å². The lowest BCUT2D eigenvalue weighted by atomic mass is 10.1. The third kappa shape index (κ3) is 1.76. The van der Waals surface area contributed by atoms with Gasteiger partial charge in [-0.1, -0.05) is 13.5 Å². The van der Waals surface area contributed by atoms with E-state index in [-0.39, 0.29) is 0 Å². The molecule has 0 amide bonds. The fourth-order valence-corrected chi connectivity index (χ4v) is 2.18. The number of aliphatic hydroxyl groups is 1. The van der Waals surface area contributed by atoms with Gasteiger partial charge < -0.3 is 5.11 Å². The molecule has 1 rings (SSSR count). The fourth-order valence-electron chi connectivity index (χ4n) is 1.10. The average Bonchev–Trinajstić information content (AvgIpc) is 2.49. The number of hydrogen-bond donors (Lipinski definition) is 1. The van der Waals surface area contributed by atoms with E-state index in [9.17, 15) is 5.11 Å². The summed E-state index contributed by atoms with van der Waals surface area (Å²) in [4.78, 5) is 1.05. The minimum absolute atomic E-state index is 0.472. The molecular weight excluding hydrogens is 168 g/mol. The van der Waals surface area contributed by atoms with Crippen LogP contribution in [-0.4, -0.2) is 5.11 Å². The van der Waals surface area contributed by atoms with Crippen LogP contribution in [0.4, 0.5) is 0 Å². The normalized spacial score (nSPS) is 12.9. The summed E-state index contributed by atoms with van der Waals surface area (Å²) in [6.45, 7) is 7.69. The van der Waals surface area contributed by atoms with Crippen molar-refractivity contribution in [1.82, 2.24) is 0 Å². The van der Waals surface area contributed by atoms with Gasteiger partial charge in [-0.3, -0.25) is 0 Å². The van der Waals surface area contributed by atoms with Crippen LogP contribution in [0.2, 0.25) is 0 Å². The maximum atomic E-state index is 9.71. The summed E-state index contributed by atoms with van der Waals surface area (Å²) in [5, 5.41) is 11.7. The second-order valence-electron chi connectivity index (χ2n) is 2.91. The van der Waals surface area contributed by atoms with Crippen molar-refractivity contribution in [2.24, 2.45) is 0 Å². The lowest BCUT2D eigenvalue weighted by Crippen LogP contribution is -1.97. The van der Waals surface area contributed by atoms with E-state index in [4.69, 9.17) is 0 Å². The molecule has 0 radical (unpaired) electrons. The number of aryl methyl sites for hydroxylation is 1. The highest BCUT2D eigenvalue weighted by Crippen LogP contribution is 2.28. The quantitative estimate of drug-likeness (QED) is 0.713. The molecule has 1 nitrogen and oxygen atoms in total. The summed E-state index contributed by atoms with van der Waals surface area (Å²) in [5.41, 5.74) is 2.04. The highest BCUT2D eigenvalue weighted by molar-refractivity contribution is 7.10. The van der Waals surface area contributed by atoms with Crippen LogP contribution < -0.4 is 0 Å². The Morgan fingerprint density at radius 3 is 2.92 bits per heavy atom. The Morgan fingerprint density at radius 2 is 2.42 bits per heavy atom. The van der Waals surface area contributed by atoms with Crippen LogP contribution >= 0.6 is 11.3 Å². The fraction of sp³-hybridized carbons (Fsp3) is 0.400. The van der Waals surface area contributed by atoms with Crippen molar-refractivity contribution < 1.29 is 5.11 Å². The van der Waals surface area contributed by atoms with E-state index < -0.39 is 6.10 Å². The summed E-state index contributed by atoms with van der Waals surface area (Å²) in [7, 11) is 0. The van der Waals surface area contributed by atoms with Gasteiger partial charge in [0.25, 0.3) is 0 Å². The van der Waals surface area contributed by atoms with Gasteiger partial charge in [0, 0.05) is 4.88 Å². The van der Waals surface area contributed by atoms with Crippen molar-refractivity contribution in [2.75, 3.05) is 0 Å². The lowest BCUT2D eigenvalue weighted by molar-refractivity contribution is 0.219. The lowest BCUT2D eigenvalue weighted by Gasteiger charge is -2.09. The van der Waals surface area contributed by atoms with Crippen LogP contribution in [0.15, 0.2) is 23.6 Å². The number of hydrogen-bond acceptors (Lipinski definition) is 2. The molecule has 1 unspecified atom stereocenters. The van der Waals surface area contributed by atoms with Crippen molar-refractivity contribution in [2.45, 2.75) is 26.4 Å². The van der Waals surface area contributed by atoms with Crippen LogP contribution in [0.5, 0.6) is 0 Å². The van der Waals surface area contributed by atoms with Crippen molar-refractivity contribution in [3.63, 3.8) is 0 Å². The average molecular weight is 182 g/mol. The third-order valence-electron chi connectivity index (χ3n) is 1.88. The molecule has 12 heavy (non-hydrogen) atoms. The number of aliphatic hydroxyl groups excluding tert-OH is 1. The number of rotatable bonds is 3. The largest absolute Gasteiger partial charge is 0.383 e. The first-order valence-corrected chi connectivity index (χ1v) is 4.94. The zero-order valence-corrected chi connectivity index (χ0v) is 8.32. The number of thiophene rings is 1. The molecule has 1 atom stereocenters. The van der Waals surface area contributed by atoms with Gasteiger partial charge >= 0.3 is 0 Å². The first-order valence-electron chi connectivity index (χ1n) is 4.06. The van der Waals surface area contributed by atoms with E-state index in [1.807, 2.05) is 12.3 Å². The highest BCUT2D eigenvalue weighted by Gasteiger charge is 2.12. The minimum Gasteiger partial charge on any atom is -0.383 e. The van der Waals surface area contributed by atoms with Gasteiger partial charge in [-0.15, -0.1) is 11.3 Å². The van der Waals surface area contributed by atoms with Crippen LogP contribution in [0.1, 0.15) is 30.4 Å². The Balaban J connectivity index is 2.93. The molecule has 1 aromatic rings. The van der Waals surface area contributed by atoms with E-state index >= 15 is 0 Å². The summed E-state index contributed by atoms with van der Waals surface area (Å²) in [6.07, 6.45) is 0.503. The predicted octanol–water partition coefficient (Wildman–Crippen LogP) is 2.92. The standard InChI is InChI=1S/C10H14OS/c1-4-8-5-6-12-10(8)9(11)7(2)3/h5-6,9,11H,2,4H2,1,3H3. The monoisotopic (exact) mass is 182 g/mol. The zero-order valence-electron chi connectivity index (χ0n) is 7.50. The van der Waals surface area contributed by atoms with E-state index in [1.54, 1.807) is 11.3 Å². The molecule has 0 fully saturated rings. The summed E-state index contributed by atoms with van der Waals surface area (Å²) < 4.78 is 0. The Bertz CT molecular complexity index is 275. The van der Waals surface area contributed by atoms with Gasteiger partial charge in [0.1, 0.15) is 6.10 Å². The molecule has 0 aromatic carbocycles. The second kappa shape index (κ2) is 3.87.